The normalized spacial score (nSPS) is 20.7. The molecule has 3 rings (SSSR count). The summed E-state index contributed by atoms with van der Waals surface area (Å²) in [5.74, 6) is 0.750. The number of rotatable bonds is 5. The predicted octanol–water partition coefficient (Wildman–Crippen LogP) is 1.01. The van der Waals surface area contributed by atoms with Gasteiger partial charge in [0.05, 0.1) is 0 Å². The monoisotopic (exact) mass is 323 g/mol. The summed E-state index contributed by atoms with van der Waals surface area (Å²) in [4.78, 5) is 15.8. The molecule has 1 aromatic heterocycles. The zero-order valence-electron chi connectivity index (χ0n) is 12.4. The first kappa shape index (κ1) is 15.4. The van der Waals surface area contributed by atoms with Gasteiger partial charge in [0.25, 0.3) is 0 Å². The summed E-state index contributed by atoms with van der Waals surface area (Å²) >= 11 is 0. The van der Waals surface area contributed by atoms with Crippen LogP contribution >= 0.6 is 0 Å². The van der Waals surface area contributed by atoms with Crippen molar-refractivity contribution in [3.63, 3.8) is 0 Å². The summed E-state index contributed by atoms with van der Waals surface area (Å²) < 4.78 is 26.5. The molecule has 0 unspecified atom stereocenters. The fraction of sp³-hybridized carbons (Fsp3) is 0.600. The number of hydrogen-bond donors (Lipinski definition) is 1. The number of aromatic nitrogens is 1. The Hall–Kier alpha value is -1.47. The standard InChI is InChI=1S/C15H21N3O3S/c19-15(13-3-4-13)17-10-12-5-8-18(9-6-12)22(20,21)14-2-1-7-16-11-14/h1-2,7,11-13H,3-6,8-10H2,(H,17,19). The van der Waals surface area contributed by atoms with E-state index in [9.17, 15) is 13.2 Å². The van der Waals surface area contributed by atoms with Crippen molar-refractivity contribution >= 4 is 15.9 Å². The van der Waals surface area contributed by atoms with Crippen LogP contribution in [-0.4, -0.2) is 43.2 Å². The number of nitrogens with one attached hydrogen (secondary N) is 1. The Bertz CT molecular complexity index is 621. The number of piperidine rings is 1. The highest BCUT2D eigenvalue weighted by Crippen LogP contribution is 2.29. The van der Waals surface area contributed by atoms with E-state index < -0.39 is 10.0 Å². The average molecular weight is 323 g/mol. The topological polar surface area (TPSA) is 79.4 Å². The van der Waals surface area contributed by atoms with Crippen LogP contribution in [0.2, 0.25) is 0 Å². The Morgan fingerprint density at radius 2 is 2.00 bits per heavy atom. The van der Waals surface area contributed by atoms with E-state index >= 15 is 0 Å². The van der Waals surface area contributed by atoms with Crippen LogP contribution < -0.4 is 5.32 Å². The van der Waals surface area contributed by atoms with Gasteiger partial charge in [0.1, 0.15) is 4.90 Å². The molecule has 1 aromatic rings. The molecule has 0 atom stereocenters. The highest BCUT2D eigenvalue weighted by atomic mass is 32.2. The molecule has 1 saturated heterocycles. The molecule has 6 nitrogen and oxygen atoms in total. The van der Waals surface area contributed by atoms with E-state index in [1.165, 1.54) is 10.5 Å². The zero-order chi connectivity index (χ0) is 15.6. The number of amides is 1. The minimum atomic E-state index is -3.44. The average Bonchev–Trinajstić information content (AvgIpc) is 3.39. The molecule has 1 amide bonds. The first-order valence-corrected chi connectivity index (χ1v) is 9.19. The van der Waals surface area contributed by atoms with Crippen molar-refractivity contribution in [1.82, 2.24) is 14.6 Å². The Morgan fingerprint density at radius 1 is 1.27 bits per heavy atom. The van der Waals surface area contributed by atoms with Crippen LogP contribution in [0.4, 0.5) is 0 Å². The molecule has 1 saturated carbocycles. The lowest BCUT2D eigenvalue weighted by molar-refractivity contribution is -0.122. The van der Waals surface area contributed by atoms with Crippen LogP contribution in [0.15, 0.2) is 29.4 Å². The van der Waals surface area contributed by atoms with Gasteiger partial charge in [0.2, 0.25) is 15.9 Å². The number of carbonyl (C=O) groups is 1. The van der Waals surface area contributed by atoms with Crippen LogP contribution in [0.25, 0.3) is 0 Å². The molecule has 0 aromatic carbocycles. The maximum atomic E-state index is 12.5. The lowest BCUT2D eigenvalue weighted by Crippen LogP contribution is -2.41. The van der Waals surface area contributed by atoms with E-state index in [2.05, 4.69) is 10.3 Å². The molecule has 0 bridgehead atoms. The minimum absolute atomic E-state index is 0.158. The van der Waals surface area contributed by atoms with Crippen molar-refractivity contribution < 1.29 is 13.2 Å². The molecule has 2 fully saturated rings. The summed E-state index contributed by atoms with van der Waals surface area (Å²) in [6, 6.07) is 3.21. The van der Waals surface area contributed by atoms with Gasteiger partial charge < -0.3 is 5.32 Å². The van der Waals surface area contributed by atoms with Gasteiger partial charge in [-0.25, -0.2) is 8.42 Å². The Labute approximate surface area is 131 Å². The molecule has 0 radical (unpaired) electrons. The molecule has 1 aliphatic carbocycles. The van der Waals surface area contributed by atoms with Gasteiger partial charge in [-0.1, -0.05) is 0 Å². The molecule has 22 heavy (non-hydrogen) atoms. The molecular weight excluding hydrogens is 302 g/mol. The molecule has 1 aliphatic heterocycles. The first-order valence-electron chi connectivity index (χ1n) is 7.75. The molecule has 0 spiro atoms. The van der Waals surface area contributed by atoms with Crippen molar-refractivity contribution in [2.24, 2.45) is 11.8 Å². The maximum Gasteiger partial charge on any atom is 0.244 e. The maximum absolute atomic E-state index is 12.5. The van der Waals surface area contributed by atoms with E-state index in [0.29, 0.717) is 25.6 Å². The van der Waals surface area contributed by atoms with E-state index in [1.54, 1.807) is 18.3 Å². The lowest BCUT2D eigenvalue weighted by atomic mass is 9.98. The third kappa shape index (κ3) is 3.47. The molecular formula is C15H21N3O3S. The molecule has 2 aliphatic rings. The van der Waals surface area contributed by atoms with Gasteiger partial charge in [-0.05, 0) is 43.7 Å². The van der Waals surface area contributed by atoms with E-state index in [0.717, 1.165) is 25.7 Å². The fourth-order valence-electron chi connectivity index (χ4n) is 2.74. The van der Waals surface area contributed by atoms with Crippen molar-refractivity contribution in [3.8, 4) is 0 Å². The summed E-state index contributed by atoms with van der Waals surface area (Å²) in [5.41, 5.74) is 0. The summed E-state index contributed by atoms with van der Waals surface area (Å²) in [5, 5.41) is 2.98. The molecule has 2 heterocycles. The van der Waals surface area contributed by atoms with Crippen molar-refractivity contribution in [2.45, 2.75) is 30.6 Å². The minimum Gasteiger partial charge on any atom is -0.356 e. The number of hydrogen-bond acceptors (Lipinski definition) is 4. The lowest BCUT2D eigenvalue weighted by Gasteiger charge is -2.31. The van der Waals surface area contributed by atoms with Gasteiger partial charge >= 0.3 is 0 Å². The van der Waals surface area contributed by atoms with Crippen molar-refractivity contribution in [1.29, 1.82) is 0 Å². The zero-order valence-corrected chi connectivity index (χ0v) is 13.3. The van der Waals surface area contributed by atoms with E-state index in [1.807, 2.05) is 0 Å². The van der Waals surface area contributed by atoms with Crippen LogP contribution in [-0.2, 0) is 14.8 Å². The van der Waals surface area contributed by atoms with Gasteiger partial charge in [0, 0.05) is 37.9 Å². The van der Waals surface area contributed by atoms with Crippen molar-refractivity contribution in [3.05, 3.63) is 24.5 Å². The van der Waals surface area contributed by atoms with E-state index in [-0.39, 0.29) is 16.7 Å². The van der Waals surface area contributed by atoms with Crippen molar-refractivity contribution in [2.75, 3.05) is 19.6 Å². The quantitative estimate of drug-likeness (QED) is 0.877. The number of sulfonamides is 1. The van der Waals surface area contributed by atoms with Crippen LogP contribution in [0, 0.1) is 11.8 Å². The summed E-state index contributed by atoms with van der Waals surface area (Å²) in [6.07, 6.45) is 6.53. The molecule has 7 heteroatoms. The highest BCUT2D eigenvalue weighted by Gasteiger charge is 2.32. The fourth-order valence-corrected chi connectivity index (χ4v) is 4.17. The second-order valence-corrected chi connectivity index (χ2v) is 7.99. The second kappa shape index (κ2) is 6.34. The van der Waals surface area contributed by atoms with Gasteiger partial charge in [-0.3, -0.25) is 9.78 Å². The first-order chi connectivity index (χ1) is 10.6. The molecule has 120 valence electrons. The molecule has 1 N–H and O–H groups in total. The number of pyridine rings is 1. The largest absolute Gasteiger partial charge is 0.356 e. The van der Waals surface area contributed by atoms with E-state index in [4.69, 9.17) is 0 Å². The highest BCUT2D eigenvalue weighted by molar-refractivity contribution is 7.89. The van der Waals surface area contributed by atoms with Gasteiger partial charge in [-0.15, -0.1) is 0 Å². The van der Waals surface area contributed by atoms with Crippen LogP contribution in [0.5, 0.6) is 0 Å². The Morgan fingerprint density at radius 3 is 2.59 bits per heavy atom. The second-order valence-electron chi connectivity index (χ2n) is 6.06. The third-order valence-corrected chi connectivity index (χ3v) is 6.24. The Balaban J connectivity index is 1.52. The third-order valence-electron chi connectivity index (χ3n) is 4.36. The van der Waals surface area contributed by atoms with Crippen LogP contribution in [0.1, 0.15) is 25.7 Å². The Kier molecular flexibility index (Phi) is 4.44. The van der Waals surface area contributed by atoms with Crippen LogP contribution in [0.3, 0.4) is 0 Å². The summed E-state index contributed by atoms with van der Waals surface area (Å²) in [7, 11) is -3.44. The smallest absolute Gasteiger partial charge is 0.244 e. The SMILES string of the molecule is O=C(NCC1CCN(S(=O)(=O)c2cccnc2)CC1)C1CC1. The predicted molar refractivity (Wildman–Crippen MR) is 81.5 cm³/mol. The van der Waals surface area contributed by atoms with Gasteiger partial charge in [-0.2, -0.15) is 4.31 Å². The van der Waals surface area contributed by atoms with Gasteiger partial charge in [0.15, 0.2) is 0 Å². The summed E-state index contributed by atoms with van der Waals surface area (Å²) in [6.45, 7) is 1.67. The number of carbonyl (C=O) groups excluding carboxylic acids is 1. The number of nitrogens with zero attached hydrogens (tertiary/aromatic N) is 2.